The molecule has 0 aliphatic rings. The van der Waals surface area contributed by atoms with E-state index >= 15 is 0 Å². The van der Waals surface area contributed by atoms with Crippen molar-refractivity contribution in [2.24, 2.45) is 0 Å². The number of hydrogen-bond acceptors (Lipinski definition) is 7. The molecule has 2 N–H and O–H groups in total. The number of rotatable bonds is 7. The van der Waals surface area contributed by atoms with E-state index in [0.717, 1.165) is 34.1 Å². The summed E-state index contributed by atoms with van der Waals surface area (Å²) in [5, 5.41) is 6.44. The fourth-order valence-electron chi connectivity index (χ4n) is 3.19. The number of anilines is 3. The molecule has 0 aliphatic heterocycles. The highest BCUT2D eigenvalue weighted by Crippen LogP contribution is 2.29. The second-order valence-corrected chi connectivity index (χ2v) is 6.39. The number of methoxy groups -OCH3 is 2. The fraction of sp³-hybridized carbons (Fsp3) is 0.190. The maximum Gasteiger partial charge on any atom is 0.203 e. The lowest BCUT2D eigenvalue weighted by Gasteiger charge is -2.12. The van der Waals surface area contributed by atoms with E-state index in [1.165, 1.54) is 0 Å². The summed E-state index contributed by atoms with van der Waals surface area (Å²) in [4.78, 5) is 13.2. The van der Waals surface area contributed by atoms with Gasteiger partial charge in [-0.2, -0.15) is 0 Å². The van der Waals surface area contributed by atoms with Gasteiger partial charge in [-0.1, -0.05) is 6.07 Å². The number of benzene rings is 1. The van der Waals surface area contributed by atoms with Crippen LogP contribution in [0.15, 0.2) is 55.0 Å². The number of hydrogen-bond donors (Lipinski definition) is 2. The lowest BCUT2D eigenvalue weighted by atomic mass is 10.2. The molecule has 29 heavy (non-hydrogen) atoms. The Bertz CT molecular complexity index is 1130. The first-order valence-electron chi connectivity index (χ1n) is 9.14. The third-order valence-electron chi connectivity index (χ3n) is 4.58. The first-order chi connectivity index (χ1) is 14.2. The zero-order chi connectivity index (χ0) is 20.2. The lowest BCUT2D eigenvalue weighted by Crippen LogP contribution is -2.05. The SMILES string of the molecule is CNc1nc2cnc(Nc3cccnc3)cc2n1Cc1ccc(OC)c(OC)c1. The van der Waals surface area contributed by atoms with Crippen molar-refractivity contribution in [2.45, 2.75) is 6.54 Å². The molecule has 0 aliphatic carbocycles. The number of pyridine rings is 2. The Labute approximate surface area is 168 Å². The average Bonchev–Trinajstić information content (AvgIpc) is 3.11. The van der Waals surface area contributed by atoms with Crippen molar-refractivity contribution >= 4 is 28.5 Å². The summed E-state index contributed by atoms with van der Waals surface area (Å²) >= 11 is 0. The van der Waals surface area contributed by atoms with E-state index in [0.29, 0.717) is 18.0 Å². The summed E-state index contributed by atoms with van der Waals surface area (Å²) in [6, 6.07) is 11.7. The highest BCUT2D eigenvalue weighted by atomic mass is 16.5. The third kappa shape index (κ3) is 3.77. The van der Waals surface area contributed by atoms with Gasteiger partial charge in [-0.15, -0.1) is 0 Å². The molecule has 4 rings (SSSR count). The minimum absolute atomic E-state index is 0.614. The van der Waals surface area contributed by atoms with Gasteiger partial charge in [0.05, 0.1) is 44.4 Å². The third-order valence-corrected chi connectivity index (χ3v) is 4.58. The van der Waals surface area contributed by atoms with Gasteiger partial charge in [0.25, 0.3) is 0 Å². The van der Waals surface area contributed by atoms with Gasteiger partial charge in [-0.25, -0.2) is 9.97 Å². The van der Waals surface area contributed by atoms with Crippen LogP contribution in [0.2, 0.25) is 0 Å². The van der Waals surface area contributed by atoms with E-state index in [1.807, 2.05) is 43.4 Å². The van der Waals surface area contributed by atoms with Gasteiger partial charge in [0.1, 0.15) is 11.3 Å². The molecule has 0 saturated carbocycles. The smallest absolute Gasteiger partial charge is 0.203 e. The molecule has 0 spiro atoms. The largest absolute Gasteiger partial charge is 0.493 e. The maximum absolute atomic E-state index is 5.43. The van der Waals surface area contributed by atoms with Crippen molar-refractivity contribution in [3.8, 4) is 11.5 Å². The van der Waals surface area contributed by atoms with E-state index in [2.05, 4.69) is 30.2 Å². The molecular weight excluding hydrogens is 368 g/mol. The number of nitrogens with one attached hydrogen (secondary N) is 2. The van der Waals surface area contributed by atoms with Crippen LogP contribution >= 0.6 is 0 Å². The van der Waals surface area contributed by atoms with Crippen LogP contribution < -0.4 is 20.1 Å². The molecule has 1 aromatic carbocycles. The monoisotopic (exact) mass is 390 g/mol. The maximum atomic E-state index is 5.43. The van der Waals surface area contributed by atoms with Crippen LogP contribution in [-0.2, 0) is 6.54 Å². The Morgan fingerprint density at radius 3 is 2.62 bits per heavy atom. The van der Waals surface area contributed by atoms with Crippen molar-refractivity contribution in [3.05, 3.63) is 60.6 Å². The predicted molar refractivity (Wildman–Crippen MR) is 113 cm³/mol. The van der Waals surface area contributed by atoms with Crippen LogP contribution in [0, 0.1) is 0 Å². The summed E-state index contributed by atoms with van der Waals surface area (Å²) in [6.07, 6.45) is 5.25. The van der Waals surface area contributed by atoms with Crippen LogP contribution in [0.5, 0.6) is 11.5 Å². The van der Waals surface area contributed by atoms with Crippen molar-refractivity contribution in [2.75, 3.05) is 31.9 Å². The zero-order valence-electron chi connectivity index (χ0n) is 16.5. The molecule has 8 nitrogen and oxygen atoms in total. The van der Waals surface area contributed by atoms with Gasteiger partial charge in [0.15, 0.2) is 11.5 Å². The van der Waals surface area contributed by atoms with E-state index in [1.54, 1.807) is 32.8 Å². The summed E-state index contributed by atoms with van der Waals surface area (Å²) in [7, 11) is 5.12. The van der Waals surface area contributed by atoms with Crippen LogP contribution in [-0.4, -0.2) is 40.8 Å². The van der Waals surface area contributed by atoms with E-state index in [9.17, 15) is 0 Å². The molecule has 0 bridgehead atoms. The number of ether oxygens (including phenoxy) is 2. The molecule has 3 heterocycles. The number of imidazole rings is 1. The van der Waals surface area contributed by atoms with Gasteiger partial charge in [-0.3, -0.25) is 4.98 Å². The molecule has 0 fully saturated rings. The molecule has 148 valence electrons. The predicted octanol–water partition coefficient (Wildman–Crippen LogP) is 3.68. The van der Waals surface area contributed by atoms with Crippen LogP contribution in [0.25, 0.3) is 11.0 Å². The van der Waals surface area contributed by atoms with Gasteiger partial charge in [-0.05, 0) is 29.8 Å². The quantitative estimate of drug-likeness (QED) is 0.498. The number of aromatic nitrogens is 4. The van der Waals surface area contributed by atoms with Gasteiger partial charge >= 0.3 is 0 Å². The summed E-state index contributed by atoms with van der Waals surface area (Å²) in [5.74, 6) is 2.88. The summed E-state index contributed by atoms with van der Waals surface area (Å²) in [5.41, 5.74) is 3.72. The molecular formula is C21H22N6O2. The van der Waals surface area contributed by atoms with Crippen molar-refractivity contribution in [3.63, 3.8) is 0 Å². The van der Waals surface area contributed by atoms with E-state index < -0.39 is 0 Å². The van der Waals surface area contributed by atoms with E-state index in [4.69, 9.17) is 9.47 Å². The summed E-state index contributed by atoms with van der Waals surface area (Å²) in [6.45, 7) is 0.614. The molecule has 0 radical (unpaired) electrons. The highest BCUT2D eigenvalue weighted by Gasteiger charge is 2.13. The Morgan fingerprint density at radius 2 is 1.90 bits per heavy atom. The molecule has 3 aromatic heterocycles. The second kappa shape index (κ2) is 8.05. The normalized spacial score (nSPS) is 10.7. The molecule has 8 heteroatoms. The second-order valence-electron chi connectivity index (χ2n) is 6.39. The van der Waals surface area contributed by atoms with Crippen molar-refractivity contribution in [1.29, 1.82) is 0 Å². The van der Waals surface area contributed by atoms with Crippen molar-refractivity contribution < 1.29 is 9.47 Å². The van der Waals surface area contributed by atoms with Crippen molar-refractivity contribution in [1.82, 2.24) is 19.5 Å². The molecule has 0 amide bonds. The first kappa shape index (κ1) is 18.5. The van der Waals surface area contributed by atoms with Crippen LogP contribution in [0.1, 0.15) is 5.56 Å². The van der Waals surface area contributed by atoms with Gasteiger partial charge in [0, 0.05) is 19.3 Å². The zero-order valence-corrected chi connectivity index (χ0v) is 16.5. The molecule has 0 saturated heterocycles. The minimum Gasteiger partial charge on any atom is -0.493 e. The van der Waals surface area contributed by atoms with Gasteiger partial charge in [0.2, 0.25) is 5.95 Å². The number of nitrogens with zero attached hydrogens (tertiary/aromatic N) is 4. The lowest BCUT2D eigenvalue weighted by molar-refractivity contribution is 0.354. The fourth-order valence-corrected chi connectivity index (χ4v) is 3.19. The Morgan fingerprint density at radius 1 is 1.03 bits per heavy atom. The Balaban J connectivity index is 1.71. The average molecular weight is 390 g/mol. The van der Waals surface area contributed by atoms with Crippen LogP contribution in [0.3, 0.4) is 0 Å². The summed E-state index contributed by atoms with van der Waals surface area (Å²) < 4.78 is 12.9. The topological polar surface area (TPSA) is 86.1 Å². The van der Waals surface area contributed by atoms with Gasteiger partial charge < -0.3 is 24.7 Å². The molecule has 4 aromatic rings. The molecule has 0 unspecified atom stereocenters. The standard InChI is InChI=1S/C21H22N6O2/c1-22-21-26-16-12-24-20(25-15-5-4-8-23-11-15)10-17(16)27(21)13-14-6-7-18(28-2)19(9-14)29-3/h4-12H,13H2,1-3H3,(H,22,26)(H,24,25). The molecule has 0 atom stereocenters. The Hall–Kier alpha value is -3.81. The number of fused-ring (bicyclic) bond motifs is 1. The van der Waals surface area contributed by atoms with E-state index in [-0.39, 0.29) is 0 Å². The first-order valence-corrected chi connectivity index (χ1v) is 9.14. The minimum atomic E-state index is 0.614. The van der Waals surface area contributed by atoms with Crippen LogP contribution in [0.4, 0.5) is 17.5 Å². The highest BCUT2D eigenvalue weighted by molar-refractivity contribution is 5.81. The Kier molecular flexibility index (Phi) is 5.15.